The van der Waals surface area contributed by atoms with E-state index in [9.17, 15) is 17.6 Å². The van der Waals surface area contributed by atoms with Crippen LogP contribution in [0.2, 0.25) is 0 Å². The molecule has 1 atom stereocenters. The maximum absolute atomic E-state index is 13.9. The van der Waals surface area contributed by atoms with Gasteiger partial charge >= 0.3 is 0 Å². The summed E-state index contributed by atoms with van der Waals surface area (Å²) in [6, 6.07) is 5.00. The van der Waals surface area contributed by atoms with Crippen LogP contribution in [-0.4, -0.2) is 55.4 Å². The van der Waals surface area contributed by atoms with Crippen molar-refractivity contribution in [1.82, 2.24) is 15.1 Å². The first kappa shape index (κ1) is 16.6. The Bertz CT molecular complexity index is 865. The van der Waals surface area contributed by atoms with Gasteiger partial charge in [0.2, 0.25) is 0 Å². The first-order chi connectivity index (χ1) is 11.4. The second-order valence-electron chi connectivity index (χ2n) is 5.49. The van der Waals surface area contributed by atoms with Gasteiger partial charge in [-0.2, -0.15) is 5.10 Å². The van der Waals surface area contributed by atoms with Gasteiger partial charge in [0.15, 0.2) is 9.84 Å². The van der Waals surface area contributed by atoms with E-state index < -0.39 is 27.6 Å². The number of carbonyl (C=O) groups is 1. The van der Waals surface area contributed by atoms with E-state index in [0.717, 1.165) is 6.26 Å². The van der Waals surface area contributed by atoms with Crippen LogP contribution in [-0.2, 0) is 14.6 Å². The summed E-state index contributed by atoms with van der Waals surface area (Å²) >= 11 is 0. The third kappa shape index (κ3) is 3.04. The van der Waals surface area contributed by atoms with E-state index in [1.807, 2.05) is 0 Å². The lowest BCUT2D eigenvalue weighted by Gasteiger charge is -2.35. The molecule has 1 saturated heterocycles. The van der Waals surface area contributed by atoms with Crippen molar-refractivity contribution in [3.8, 4) is 0 Å². The number of hydrogen-bond acceptors (Lipinski definition) is 5. The van der Waals surface area contributed by atoms with E-state index in [4.69, 9.17) is 4.74 Å². The molecule has 9 heteroatoms. The first-order valence-corrected chi connectivity index (χ1v) is 9.15. The molecule has 24 heavy (non-hydrogen) atoms. The van der Waals surface area contributed by atoms with Crippen LogP contribution in [0.1, 0.15) is 22.1 Å². The molecule has 0 spiro atoms. The predicted molar refractivity (Wildman–Crippen MR) is 82.7 cm³/mol. The number of hydrogen-bond donors (Lipinski definition) is 1. The van der Waals surface area contributed by atoms with Crippen molar-refractivity contribution >= 4 is 15.7 Å². The minimum absolute atomic E-state index is 0.00401. The molecule has 128 valence electrons. The highest BCUT2D eigenvalue weighted by atomic mass is 32.2. The Labute approximate surface area is 138 Å². The number of aromatic amines is 1. The molecule has 2 heterocycles. The van der Waals surface area contributed by atoms with Gasteiger partial charge in [-0.3, -0.25) is 9.89 Å². The molecule has 1 N–H and O–H groups in total. The number of H-pyrrole nitrogens is 1. The highest BCUT2D eigenvalue weighted by molar-refractivity contribution is 7.90. The summed E-state index contributed by atoms with van der Waals surface area (Å²) < 4.78 is 43.1. The smallest absolute Gasteiger partial charge is 0.257 e. The molecule has 0 unspecified atom stereocenters. The average Bonchev–Trinajstić information content (AvgIpc) is 3.04. The van der Waals surface area contributed by atoms with Gasteiger partial charge in [-0.25, -0.2) is 12.8 Å². The average molecular weight is 353 g/mol. The topological polar surface area (TPSA) is 92.4 Å². The van der Waals surface area contributed by atoms with Gasteiger partial charge in [0.1, 0.15) is 10.7 Å². The third-order valence-corrected chi connectivity index (χ3v) is 4.98. The van der Waals surface area contributed by atoms with Crippen molar-refractivity contribution in [2.45, 2.75) is 10.9 Å². The molecular formula is C15H16FN3O4S. The monoisotopic (exact) mass is 353 g/mol. The van der Waals surface area contributed by atoms with Gasteiger partial charge in [-0.05, 0) is 12.1 Å². The summed E-state index contributed by atoms with van der Waals surface area (Å²) in [5.74, 6) is -1.14. The van der Waals surface area contributed by atoms with E-state index >= 15 is 0 Å². The van der Waals surface area contributed by atoms with Gasteiger partial charge in [0.05, 0.1) is 36.7 Å². The van der Waals surface area contributed by atoms with E-state index in [1.54, 1.807) is 6.07 Å². The van der Waals surface area contributed by atoms with Crippen LogP contribution in [0.5, 0.6) is 0 Å². The highest BCUT2D eigenvalue weighted by Gasteiger charge is 2.34. The number of halogens is 1. The van der Waals surface area contributed by atoms with Gasteiger partial charge in [-0.1, -0.05) is 12.1 Å². The minimum Gasteiger partial charge on any atom is -0.377 e. The molecule has 2 aromatic rings. The maximum Gasteiger partial charge on any atom is 0.257 e. The first-order valence-electron chi connectivity index (χ1n) is 7.26. The lowest BCUT2D eigenvalue weighted by molar-refractivity contribution is -0.00491. The summed E-state index contributed by atoms with van der Waals surface area (Å²) in [5, 5.41) is 6.41. The molecule has 1 aliphatic heterocycles. The van der Waals surface area contributed by atoms with Gasteiger partial charge in [-0.15, -0.1) is 0 Å². The largest absolute Gasteiger partial charge is 0.377 e. The second-order valence-corrected chi connectivity index (χ2v) is 7.47. The fourth-order valence-electron chi connectivity index (χ4n) is 2.69. The van der Waals surface area contributed by atoms with Crippen LogP contribution >= 0.6 is 0 Å². The van der Waals surface area contributed by atoms with Gasteiger partial charge in [0.25, 0.3) is 5.91 Å². The lowest BCUT2D eigenvalue weighted by atomic mass is 10.1. The van der Waals surface area contributed by atoms with Crippen LogP contribution < -0.4 is 0 Å². The minimum atomic E-state index is -3.52. The Hall–Kier alpha value is -2.26. The number of benzene rings is 1. The number of aromatic nitrogens is 2. The Balaban J connectivity index is 2.00. The molecule has 3 rings (SSSR count). The Morgan fingerprint density at radius 3 is 2.88 bits per heavy atom. The van der Waals surface area contributed by atoms with E-state index in [-0.39, 0.29) is 29.3 Å². The molecule has 1 aromatic carbocycles. The number of carbonyl (C=O) groups excluding carboxylic acids is 1. The number of sulfone groups is 1. The number of amides is 1. The molecule has 0 radical (unpaired) electrons. The Kier molecular flexibility index (Phi) is 4.37. The summed E-state index contributed by atoms with van der Waals surface area (Å²) in [4.78, 5) is 14.1. The van der Waals surface area contributed by atoms with Crippen molar-refractivity contribution in [2.24, 2.45) is 0 Å². The highest BCUT2D eigenvalue weighted by Crippen LogP contribution is 2.29. The predicted octanol–water partition coefficient (Wildman–Crippen LogP) is 1.17. The van der Waals surface area contributed by atoms with Gasteiger partial charge in [0, 0.05) is 12.8 Å². The van der Waals surface area contributed by atoms with Crippen LogP contribution in [0.4, 0.5) is 4.39 Å². The fraction of sp³-hybridized carbons (Fsp3) is 0.333. The number of nitrogens with zero attached hydrogens (tertiary/aromatic N) is 2. The molecule has 7 nitrogen and oxygen atoms in total. The number of rotatable bonds is 3. The molecule has 1 aromatic heterocycles. The van der Waals surface area contributed by atoms with Crippen LogP contribution in [0.15, 0.2) is 35.4 Å². The van der Waals surface area contributed by atoms with Gasteiger partial charge < -0.3 is 9.64 Å². The molecule has 0 bridgehead atoms. The third-order valence-electron chi connectivity index (χ3n) is 3.86. The molecule has 1 aliphatic rings. The summed E-state index contributed by atoms with van der Waals surface area (Å²) in [6.45, 7) is 0.615. The zero-order valence-corrected chi connectivity index (χ0v) is 13.7. The van der Waals surface area contributed by atoms with E-state index in [2.05, 4.69) is 10.2 Å². The Morgan fingerprint density at radius 1 is 1.42 bits per heavy atom. The number of ether oxygens (including phenoxy) is 1. The van der Waals surface area contributed by atoms with Crippen molar-refractivity contribution in [3.63, 3.8) is 0 Å². The molecular weight excluding hydrogens is 337 g/mol. The summed E-state index contributed by atoms with van der Waals surface area (Å²) in [7, 11) is -3.52. The van der Waals surface area contributed by atoms with Crippen molar-refractivity contribution < 1.29 is 22.3 Å². The molecule has 0 saturated carbocycles. The van der Waals surface area contributed by atoms with Crippen LogP contribution in [0.3, 0.4) is 0 Å². The molecule has 1 fully saturated rings. The SMILES string of the molecule is CS(=O)(=O)c1cn[nH]c1[C@@H]1COCCN1C(=O)c1ccccc1F. The number of nitrogens with one attached hydrogen (secondary N) is 1. The zero-order valence-electron chi connectivity index (χ0n) is 12.9. The van der Waals surface area contributed by atoms with E-state index in [1.165, 1.54) is 29.3 Å². The Morgan fingerprint density at radius 2 is 2.17 bits per heavy atom. The standard InChI is InChI=1S/C15H16FN3O4S/c1-24(21,22)13-8-17-18-14(13)12-9-23-7-6-19(12)15(20)10-4-2-3-5-11(10)16/h2-5,8,12H,6-7,9H2,1H3,(H,17,18)/t12-/m0/s1. The summed E-state index contributed by atoms with van der Waals surface area (Å²) in [5.41, 5.74) is 0.201. The second kappa shape index (κ2) is 6.33. The molecule has 1 amide bonds. The van der Waals surface area contributed by atoms with E-state index in [0.29, 0.717) is 6.61 Å². The number of morpholine rings is 1. The van der Waals surface area contributed by atoms with Crippen molar-refractivity contribution in [2.75, 3.05) is 26.0 Å². The summed E-state index contributed by atoms with van der Waals surface area (Å²) in [6.07, 6.45) is 2.26. The van der Waals surface area contributed by atoms with Crippen molar-refractivity contribution in [3.05, 3.63) is 47.5 Å². The molecule has 0 aliphatic carbocycles. The van der Waals surface area contributed by atoms with Crippen LogP contribution in [0.25, 0.3) is 0 Å². The normalized spacial score (nSPS) is 18.6. The fourth-order valence-corrected chi connectivity index (χ4v) is 3.52. The van der Waals surface area contributed by atoms with Crippen LogP contribution in [0, 0.1) is 5.82 Å². The quantitative estimate of drug-likeness (QED) is 0.894. The van der Waals surface area contributed by atoms with Crippen molar-refractivity contribution in [1.29, 1.82) is 0 Å². The lowest BCUT2D eigenvalue weighted by Crippen LogP contribution is -2.44. The maximum atomic E-state index is 13.9. The zero-order chi connectivity index (χ0) is 17.3.